The number of alkyl halides is 3. The summed E-state index contributed by atoms with van der Waals surface area (Å²) in [6.07, 6.45) is -2.63. The van der Waals surface area contributed by atoms with Crippen LogP contribution in [-0.4, -0.2) is 36.5 Å². The lowest BCUT2D eigenvalue weighted by atomic mass is 10.1. The first-order valence-electron chi connectivity index (χ1n) is 7.58. The summed E-state index contributed by atoms with van der Waals surface area (Å²) in [6.45, 7) is 4.27. The van der Waals surface area contributed by atoms with Gasteiger partial charge in [0, 0.05) is 19.1 Å². The van der Waals surface area contributed by atoms with Gasteiger partial charge in [-0.3, -0.25) is 4.79 Å². The van der Waals surface area contributed by atoms with Gasteiger partial charge in [-0.15, -0.1) is 12.4 Å². The number of hydrogen-bond donors (Lipinski definition) is 1. The molecule has 0 aromatic heterocycles. The van der Waals surface area contributed by atoms with Crippen molar-refractivity contribution in [3.05, 3.63) is 35.4 Å². The van der Waals surface area contributed by atoms with E-state index in [4.69, 9.17) is 0 Å². The second kappa shape index (κ2) is 8.55. The lowest BCUT2D eigenvalue weighted by molar-refractivity contribution is -0.138. The van der Waals surface area contributed by atoms with Gasteiger partial charge in [0.05, 0.1) is 12.0 Å². The first-order chi connectivity index (χ1) is 10.4. The number of nitrogens with one attached hydrogen (secondary N) is 1. The predicted molar refractivity (Wildman–Crippen MR) is 85.7 cm³/mol. The Morgan fingerprint density at radius 2 is 2.13 bits per heavy atom. The Balaban J connectivity index is 0.00000264. The van der Waals surface area contributed by atoms with Crippen molar-refractivity contribution in [3.63, 3.8) is 0 Å². The molecule has 1 fully saturated rings. The van der Waals surface area contributed by atoms with E-state index in [0.717, 1.165) is 38.1 Å². The molecule has 7 heteroatoms. The van der Waals surface area contributed by atoms with Crippen LogP contribution < -0.4 is 5.32 Å². The molecule has 1 heterocycles. The van der Waals surface area contributed by atoms with Gasteiger partial charge in [-0.1, -0.05) is 25.1 Å². The molecule has 130 valence electrons. The van der Waals surface area contributed by atoms with Gasteiger partial charge in [0.2, 0.25) is 5.91 Å². The lowest BCUT2D eigenvalue weighted by Gasteiger charge is -2.28. The van der Waals surface area contributed by atoms with Crippen molar-refractivity contribution in [3.8, 4) is 0 Å². The fourth-order valence-corrected chi connectivity index (χ4v) is 2.79. The van der Waals surface area contributed by atoms with Gasteiger partial charge < -0.3 is 10.2 Å². The Labute approximate surface area is 140 Å². The highest BCUT2D eigenvalue weighted by atomic mass is 35.5. The topological polar surface area (TPSA) is 32.3 Å². The van der Waals surface area contributed by atoms with E-state index in [0.29, 0.717) is 12.1 Å². The van der Waals surface area contributed by atoms with Gasteiger partial charge in [0.25, 0.3) is 0 Å². The molecule has 1 aromatic rings. The largest absolute Gasteiger partial charge is 0.416 e. The number of hydrogen-bond acceptors (Lipinski definition) is 2. The molecule has 1 aliphatic rings. The maximum atomic E-state index is 12.7. The minimum absolute atomic E-state index is 0. The van der Waals surface area contributed by atoms with E-state index in [9.17, 15) is 18.0 Å². The SMILES string of the molecule is CCCN(C(=O)Cc1cccc(C(F)(F)F)c1)C1CCNC1.Cl. The molecule has 0 radical (unpaired) electrons. The summed E-state index contributed by atoms with van der Waals surface area (Å²) >= 11 is 0. The van der Waals surface area contributed by atoms with E-state index in [-0.39, 0.29) is 30.8 Å². The highest BCUT2D eigenvalue weighted by Gasteiger charge is 2.31. The number of amides is 1. The van der Waals surface area contributed by atoms with Crippen molar-refractivity contribution in [2.45, 2.75) is 38.4 Å². The quantitative estimate of drug-likeness (QED) is 0.884. The maximum absolute atomic E-state index is 12.7. The predicted octanol–water partition coefficient (Wildman–Crippen LogP) is 3.27. The molecule has 0 saturated carbocycles. The molecule has 3 nitrogen and oxygen atoms in total. The molecule has 1 N–H and O–H groups in total. The van der Waals surface area contributed by atoms with E-state index in [1.165, 1.54) is 6.07 Å². The second-order valence-corrected chi connectivity index (χ2v) is 5.61. The Hall–Kier alpha value is -1.27. The van der Waals surface area contributed by atoms with Crippen molar-refractivity contribution >= 4 is 18.3 Å². The zero-order valence-electron chi connectivity index (χ0n) is 13.0. The molecule has 1 amide bonds. The minimum Gasteiger partial charge on any atom is -0.338 e. The summed E-state index contributed by atoms with van der Waals surface area (Å²) < 4.78 is 38.2. The first kappa shape index (κ1) is 19.8. The van der Waals surface area contributed by atoms with Crippen LogP contribution in [0.15, 0.2) is 24.3 Å². The van der Waals surface area contributed by atoms with Gasteiger partial charge in [-0.05, 0) is 31.0 Å². The van der Waals surface area contributed by atoms with Crippen LogP contribution in [-0.2, 0) is 17.4 Å². The molecule has 1 aromatic carbocycles. The van der Waals surface area contributed by atoms with Crippen LogP contribution in [0.1, 0.15) is 30.9 Å². The molecule has 1 aliphatic heterocycles. The zero-order valence-corrected chi connectivity index (χ0v) is 13.8. The van der Waals surface area contributed by atoms with Gasteiger partial charge in [-0.25, -0.2) is 0 Å². The van der Waals surface area contributed by atoms with Crippen LogP contribution >= 0.6 is 12.4 Å². The van der Waals surface area contributed by atoms with Gasteiger partial charge >= 0.3 is 6.18 Å². The smallest absolute Gasteiger partial charge is 0.338 e. The Bertz CT molecular complexity index is 516. The zero-order chi connectivity index (χ0) is 16.2. The van der Waals surface area contributed by atoms with Gasteiger partial charge in [0.15, 0.2) is 0 Å². The van der Waals surface area contributed by atoms with Crippen LogP contribution in [0.25, 0.3) is 0 Å². The van der Waals surface area contributed by atoms with Gasteiger partial charge in [0.1, 0.15) is 0 Å². The molecule has 0 aliphatic carbocycles. The second-order valence-electron chi connectivity index (χ2n) is 5.61. The molecule has 23 heavy (non-hydrogen) atoms. The average molecular weight is 351 g/mol. The average Bonchev–Trinajstić information content (AvgIpc) is 2.98. The third-order valence-electron chi connectivity index (χ3n) is 3.87. The lowest BCUT2D eigenvalue weighted by Crippen LogP contribution is -2.42. The summed E-state index contributed by atoms with van der Waals surface area (Å²) in [6, 6.07) is 5.17. The number of carbonyl (C=O) groups excluding carboxylic acids is 1. The third kappa shape index (κ3) is 5.39. The molecular weight excluding hydrogens is 329 g/mol. The van der Waals surface area contributed by atoms with Crippen molar-refractivity contribution in [1.82, 2.24) is 10.2 Å². The summed E-state index contributed by atoms with van der Waals surface area (Å²) in [5.41, 5.74) is -0.297. The first-order valence-corrected chi connectivity index (χ1v) is 7.58. The number of carbonyl (C=O) groups is 1. The van der Waals surface area contributed by atoms with Crippen LogP contribution in [0.2, 0.25) is 0 Å². The Morgan fingerprint density at radius 1 is 1.39 bits per heavy atom. The molecular formula is C16H22ClF3N2O. The summed E-state index contributed by atoms with van der Waals surface area (Å²) in [4.78, 5) is 14.3. The van der Waals surface area contributed by atoms with E-state index in [2.05, 4.69) is 5.32 Å². The van der Waals surface area contributed by atoms with Crippen molar-refractivity contribution < 1.29 is 18.0 Å². The van der Waals surface area contributed by atoms with Gasteiger partial charge in [-0.2, -0.15) is 13.2 Å². The number of rotatable bonds is 5. The summed E-state index contributed by atoms with van der Waals surface area (Å²) in [7, 11) is 0. The van der Waals surface area contributed by atoms with Crippen LogP contribution in [0.4, 0.5) is 13.2 Å². The van der Waals surface area contributed by atoms with Crippen molar-refractivity contribution in [2.24, 2.45) is 0 Å². The Kier molecular flexibility index (Phi) is 7.35. The normalized spacial score (nSPS) is 17.7. The molecule has 1 saturated heterocycles. The highest BCUT2D eigenvalue weighted by Crippen LogP contribution is 2.29. The molecule has 0 bridgehead atoms. The van der Waals surface area contributed by atoms with E-state index in [1.54, 1.807) is 11.0 Å². The molecule has 1 atom stereocenters. The Morgan fingerprint density at radius 3 is 2.70 bits per heavy atom. The molecule has 1 unspecified atom stereocenters. The summed E-state index contributed by atoms with van der Waals surface area (Å²) in [5.74, 6) is -0.102. The fraction of sp³-hybridized carbons (Fsp3) is 0.562. The number of nitrogens with zero attached hydrogens (tertiary/aromatic N) is 1. The standard InChI is InChI=1S/C16H21F3N2O.ClH/c1-2-8-21(14-6-7-20-11-14)15(22)10-12-4-3-5-13(9-12)16(17,18)19;/h3-5,9,14,20H,2,6-8,10-11H2,1H3;1H. The fourth-order valence-electron chi connectivity index (χ4n) is 2.79. The maximum Gasteiger partial charge on any atom is 0.416 e. The van der Waals surface area contributed by atoms with E-state index < -0.39 is 11.7 Å². The van der Waals surface area contributed by atoms with Crippen LogP contribution in [0, 0.1) is 0 Å². The monoisotopic (exact) mass is 350 g/mol. The van der Waals surface area contributed by atoms with Crippen LogP contribution in [0.5, 0.6) is 0 Å². The van der Waals surface area contributed by atoms with E-state index in [1.807, 2.05) is 6.92 Å². The number of benzene rings is 1. The molecule has 2 rings (SSSR count). The molecule has 0 spiro atoms. The third-order valence-corrected chi connectivity index (χ3v) is 3.87. The van der Waals surface area contributed by atoms with Crippen molar-refractivity contribution in [1.29, 1.82) is 0 Å². The van der Waals surface area contributed by atoms with Crippen LogP contribution in [0.3, 0.4) is 0 Å². The number of halogens is 4. The minimum atomic E-state index is -4.38. The summed E-state index contributed by atoms with van der Waals surface area (Å²) in [5, 5.41) is 3.22. The highest BCUT2D eigenvalue weighted by molar-refractivity contribution is 5.85. The van der Waals surface area contributed by atoms with E-state index >= 15 is 0 Å². The van der Waals surface area contributed by atoms with Crippen molar-refractivity contribution in [2.75, 3.05) is 19.6 Å².